The van der Waals surface area contributed by atoms with Crippen molar-refractivity contribution in [3.8, 4) is 0 Å². The number of carbonyl (C=O) groups is 2. The van der Waals surface area contributed by atoms with Gasteiger partial charge in [0.2, 0.25) is 0 Å². The third-order valence-corrected chi connectivity index (χ3v) is 3.70. The summed E-state index contributed by atoms with van der Waals surface area (Å²) in [5, 5.41) is 4.11. The highest BCUT2D eigenvalue weighted by Crippen LogP contribution is 2.25. The van der Waals surface area contributed by atoms with Crippen molar-refractivity contribution in [1.29, 1.82) is 0 Å². The van der Waals surface area contributed by atoms with Crippen LogP contribution in [-0.4, -0.2) is 34.5 Å². The molecule has 0 spiro atoms. The Hall–Kier alpha value is -2.21. The Morgan fingerprint density at radius 2 is 1.67 bits per heavy atom. The number of rotatable bonds is 3. The normalized spacial score (nSPS) is 12.1. The maximum Gasteiger partial charge on any atom is 0.419 e. The number of benzene rings is 1. The van der Waals surface area contributed by atoms with Crippen molar-refractivity contribution in [2.24, 2.45) is 0 Å². The number of ether oxygens (including phenoxy) is 2. The standard InChI is InChI=1S/C20H27ClN2O4/c1-19(2,3)26-17(24)22-10-9-15-11-13-7-8-14(21)12-16(13)23(15)18(25)27-20(4,5)6/h7-8,11-12H,9-10H2,1-6H3,(H,22,24). The first-order valence-electron chi connectivity index (χ1n) is 8.86. The molecular weight excluding hydrogens is 368 g/mol. The molecule has 1 aromatic heterocycles. The Morgan fingerprint density at radius 3 is 2.26 bits per heavy atom. The number of alkyl carbamates (subject to hydrolysis) is 1. The number of fused-ring (bicyclic) bond motifs is 1. The SMILES string of the molecule is CC(C)(C)OC(=O)NCCc1cc2ccc(Cl)cc2n1C(=O)OC(C)(C)C. The number of aromatic nitrogens is 1. The van der Waals surface area contributed by atoms with Crippen LogP contribution in [0.3, 0.4) is 0 Å². The molecule has 0 atom stereocenters. The number of halogens is 1. The van der Waals surface area contributed by atoms with E-state index in [1.54, 1.807) is 32.9 Å². The first-order chi connectivity index (χ1) is 12.4. The molecule has 1 aromatic carbocycles. The molecule has 2 rings (SSSR count). The molecule has 1 amide bonds. The summed E-state index contributed by atoms with van der Waals surface area (Å²) in [7, 11) is 0. The summed E-state index contributed by atoms with van der Waals surface area (Å²) in [5.74, 6) is 0. The monoisotopic (exact) mass is 394 g/mol. The minimum Gasteiger partial charge on any atom is -0.444 e. The molecule has 0 aliphatic rings. The van der Waals surface area contributed by atoms with E-state index in [1.165, 1.54) is 4.57 Å². The number of carbonyl (C=O) groups excluding carboxylic acids is 2. The lowest BCUT2D eigenvalue weighted by Crippen LogP contribution is -2.34. The lowest BCUT2D eigenvalue weighted by molar-refractivity contribution is 0.0528. The van der Waals surface area contributed by atoms with Crippen LogP contribution in [-0.2, 0) is 15.9 Å². The topological polar surface area (TPSA) is 69.6 Å². The molecule has 2 aromatic rings. The molecule has 1 N–H and O–H groups in total. The second-order valence-electron chi connectivity index (χ2n) is 8.33. The number of nitrogens with zero attached hydrogens (tertiary/aromatic N) is 1. The maximum atomic E-state index is 12.7. The highest BCUT2D eigenvalue weighted by atomic mass is 35.5. The van der Waals surface area contributed by atoms with E-state index in [-0.39, 0.29) is 0 Å². The van der Waals surface area contributed by atoms with Crippen molar-refractivity contribution >= 4 is 34.7 Å². The minimum absolute atomic E-state index is 0.321. The fraction of sp³-hybridized carbons (Fsp3) is 0.500. The van der Waals surface area contributed by atoms with Crippen molar-refractivity contribution in [1.82, 2.24) is 9.88 Å². The molecule has 0 saturated carbocycles. The van der Waals surface area contributed by atoms with E-state index in [2.05, 4.69) is 5.32 Å². The number of amides is 1. The van der Waals surface area contributed by atoms with Crippen LogP contribution in [0.5, 0.6) is 0 Å². The number of nitrogens with one attached hydrogen (secondary N) is 1. The Kier molecular flexibility index (Phi) is 6.10. The van der Waals surface area contributed by atoms with Crippen LogP contribution < -0.4 is 5.32 Å². The van der Waals surface area contributed by atoms with E-state index in [0.717, 1.165) is 11.1 Å². The van der Waals surface area contributed by atoms with Crippen LogP contribution in [0.15, 0.2) is 24.3 Å². The smallest absolute Gasteiger partial charge is 0.419 e. The van der Waals surface area contributed by atoms with Gasteiger partial charge in [-0.25, -0.2) is 14.2 Å². The summed E-state index contributed by atoms with van der Waals surface area (Å²) in [6.07, 6.45) is -0.539. The summed E-state index contributed by atoms with van der Waals surface area (Å²) < 4.78 is 12.3. The van der Waals surface area contributed by atoms with E-state index in [4.69, 9.17) is 21.1 Å². The minimum atomic E-state index is -0.627. The van der Waals surface area contributed by atoms with Gasteiger partial charge in [0.25, 0.3) is 0 Å². The molecule has 0 bridgehead atoms. The Labute approximate surface area is 164 Å². The highest BCUT2D eigenvalue weighted by Gasteiger charge is 2.22. The molecule has 0 radical (unpaired) electrons. The van der Waals surface area contributed by atoms with Crippen LogP contribution in [0.2, 0.25) is 5.02 Å². The van der Waals surface area contributed by atoms with Crippen molar-refractivity contribution < 1.29 is 19.1 Å². The van der Waals surface area contributed by atoms with Gasteiger partial charge in [-0.2, -0.15) is 0 Å². The van der Waals surface area contributed by atoms with Gasteiger partial charge in [-0.3, -0.25) is 0 Å². The largest absolute Gasteiger partial charge is 0.444 e. The van der Waals surface area contributed by atoms with Gasteiger partial charge in [-0.1, -0.05) is 17.7 Å². The molecular formula is C20H27ClN2O4. The van der Waals surface area contributed by atoms with Crippen LogP contribution in [0.25, 0.3) is 10.9 Å². The molecule has 27 heavy (non-hydrogen) atoms. The third kappa shape index (κ3) is 6.17. The van der Waals surface area contributed by atoms with Crippen LogP contribution in [0, 0.1) is 0 Å². The quantitative estimate of drug-likeness (QED) is 0.781. The second kappa shape index (κ2) is 7.80. The van der Waals surface area contributed by atoms with Gasteiger partial charge >= 0.3 is 12.2 Å². The summed E-state index contributed by atoms with van der Waals surface area (Å²) in [4.78, 5) is 24.6. The highest BCUT2D eigenvalue weighted by molar-refractivity contribution is 6.31. The molecule has 0 aliphatic carbocycles. The van der Waals surface area contributed by atoms with E-state index >= 15 is 0 Å². The molecule has 6 nitrogen and oxygen atoms in total. The Bertz CT molecular complexity index is 844. The lowest BCUT2D eigenvalue weighted by Gasteiger charge is -2.21. The molecule has 148 valence electrons. The van der Waals surface area contributed by atoms with Gasteiger partial charge in [0, 0.05) is 29.1 Å². The Morgan fingerprint density at radius 1 is 1.04 bits per heavy atom. The number of hydrogen-bond acceptors (Lipinski definition) is 4. The predicted octanol–water partition coefficient (Wildman–Crippen LogP) is 5.15. The fourth-order valence-corrected chi connectivity index (χ4v) is 2.71. The average Bonchev–Trinajstić information content (AvgIpc) is 2.80. The zero-order chi connectivity index (χ0) is 20.4. The molecule has 0 unspecified atom stereocenters. The second-order valence-corrected chi connectivity index (χ2v) is 8.77. The molecule has 0 saturated heterocycles. The summed E-state index contributed by atoms with van der Waals surface area (Å²) in [6, 6.07) is 7.24. The third-order valence-electron chi connectivity index (χ3n) is 3.47. The summed E-state index contributed by atoms with van der Waals surface area (Å²) >= 11 is 6.11. The average molecular weight is 395 g/mol. The zero-order valence-electron chi connectivity index (χ0n) is 16.7. The van der Waals surface area contributed by atoms with Crippen molar-refractivity contribution in [3.63, 3.8) is 0 Å². The van der Waals surface area contributed by atoms with Gasteiger partial charge in [-0.05, 0) is 59.7 Å². The van der Waals surface area contributed by atoms with Gasteiger partial charge in [0.05, 0.1) is 5.52 Å². The van der Waals surface area contributed by atoms with E-state index in [1.807, 2.05) is 32.9 Å². The maximum absolute atomic E-state index is 12.7. The van der Waals surface area contributed by atoms with Crippen LogP contribution in [0.1, 0.15) is 47.2 Å². The van der Waals surface area contributed by atoms with Crippen molar-refractivity contribution in [2.75, 3.05) is 6.54 Å². The van der Waals surface area contributed by atoms with E-state index in [9.17, 15) is 9.59 Å². The van der Waals surface area contributed by atoms with Crippen molar-refractivity contribution in [3.05, 3.63) is 35.0 Å². The molecule has 0 aliphatic heterocycles. The van der Waals surface area contributed by atoms with E-state index in [0.29, 0.717) is 23.5 Å². The summed E-state index contributed by atoms with van der Waals surface area (Å²) in [6.45, 7) is 11.2. The van der Waals surface area contributed by atoms with E-state index < -0.39 is 23.4 Å². The first kappa shape index (κ1) is 21.1. The van der Waals surface area contributed by atoms with Crippen LogP contribution in [0.4, 0.5) is 9.59 Å². The Balaban J connectivity index is 2.23. The lowest BCUT2D eigenvalue weighted by atomic mass is 10.2. The van der Waals surface area contributed by atoms with Crippen LogP contribution >= 0.6 is 11.6 Å². The van der Waals surface area contributed by atoms with Gasteiger partial charge in [-0.15, -0.1) is 0 Å². The van der Waals surface area contributed by atoms with Gasteiger partial charge < -0.3 is 14.8 Å². The number of hydrogen-bond donors (Lipinski definition) is 1. The molecule has 0 fully saturated rings. The van der Waals surface area contributed by atoms with Gasteiger partial charge in [0.1, 0.15) is 11.2 Å². The van der Waals surface area contributed by atoms with Gasteiger partial charge in [0.15, 0.2) is 0 Å². The van der Waals surface area contributed by atoms with Crippen molar-refractivity contribution in [2.45, 2.75) is 59.2 Å². The summed E-state index contributed by atoms with van der Waals surface area (Å²) in [5.41, 5.74) is 0.200. The fourth-order valence-electron chi connectivity index (χ4n) is 2.55. The molecule has 1 heterocycles. The predicted molar refractivity (Wildman–Crippen MR) is 107 cm³/mol. The molecule has 7 heteroatoms. The zero-order valence-corrected chi connectivity index (χ0v) is 17.4. The first-order valence-corrected chi connectivity index (χ1v) is 9.24.